The molecule has 1 saturated heterocycles. The van der Waals surface area contributed by atoms with E-state index in [4.69, 9.17) is 5.11 Å². The van der Waals surface area contributed by atoms with Crippen molar-refractivity contribution in [1.82, 2.24) is 9.88 Å². The zero-order valence-corrected chi connectivity index (χ0v) is 11.6. The maximum absolute atomic E-state index is 10.7. The molecule has 2 heterocycles. The lowest BCUT2D eigenvalue weighted by atomic mass is 9.95. The minimum absolute atomic E-state index is 0.299. The molecule has 1 atom stereocenters. The molecule has 2 rings (SSSR count). The molecule has 1 aromatic rings. The first kappa shape index (κ1) is 13.5. The number of carbonyl (C=O) groups is 1. The molecule has 0 aromatic carbocycles. The van der Waals surface area contributed by atoms with Crippen LogP contribution in [0.3, 0.4) is 0 Å². The number of piperidine rings is 1. The number of thiazole rings is 1. The Morgan fingerprint density at radius 1 is 1.67 bits per heavy atom. The molecule has 5 heteroatoms. The summed E-state index contributed by atoms with van der Waals surface area (Å²) in [5.74, 6) is -0.371. The van der Waals surface area contributed by atoms with Crippen LogP contribution in [0.15, 0.2) is 5.38 Å². The lowest BCUT2D eigenvalue weighted by molar-refractivity contribution is -0.138. The predicted molar refractivity (Wildman–Crippen MR) is 71.7 cm³/mol. The van der Waals surface area contributed by atoms with Crippen LogP contribution in [0.25, 0.3) is 0 Å². The number of likely N-dealkylation sites (tertiary alicyclic amines) is 1. The molecular formula is C13H20N2O2S. The normalized spacial score (nSPS) is 21.1. The first-order valence-corrected chi connectivity index (χ1v) is 7.42. The Morgan fingerprint density at radius 3 is 3.17 bits per heavy atom. The average Bonchev–Trinajstić information content (AvgIpc) is 2.76. The SMILES string of the molecule is CCc1nc(CN2CCCC(CC(=O)O)C2)cs1. The molecule has 1 N–H and O–H groups in total. The molecule has 18 heavy (non-hydrogen) atoms. The molecule has 0 radical (unpaired) electrons. The molecule has 0 spiro atoms. The number of carboxylic acids is 1. The second-order valence-corrected chi connectivity index (χ2v) is 5.87. The Labute approximate surface area is 112 Å². The van der Waals surface area contributed by atoms with E-state index in [1.165, 1.54) is 5.01 Å². The third kappa shape index (κ3) is 3.78. The Kier molecular flexibility index (Phi) is 4.72. The van der Waals surface area contributed by atoms with E-state index < -0.39 is 5.97 Å². The van der Waals surface area contributed by atoms with Gasteiger partial charge in [-0.1, -0.05) is 6.92 Å². The van der Waals surface area contributed by atoms with Crippen LogP contribution in [0.5, 0.6) is 0 Å². The van der Waals surface area contributed by atoms with Crippen molar-refractivity contribution in [3.8, 4) is 0 Å². The van der Waals surface area contributed by atoms with E-state index in [2.05, 4.69) is 22.2 Å². The molecule has 0 aliphatic carbocycles. The van der Waals surface area contributed by atoms with Crippen LogP contribution in [-0.2, 0) is 17.8 Å². The molecule has 1 aliphatic heterocycles. The summed E-state index contributed by atoms with van der Waals surface area (Å²) >= 11 is 1.72. The summed E-state index contributed by atoms with van der Waals surface area (Å²) < 4.78 is 0. The van der Waals surface area contributed by atoms with Crippen molar-refractivity contribution >= 4 is 17.3 Å². The molecular weight excluding hydrogens is 248 g/mol. The minimum atomic E-state index is -0.677. The fourth-order valence-corrected chi connectivity index (χ4v) is 3.26. The van der Waals surface area contributed by atoms with Gasteiger partial charge in [-0.05, 0) is 31.7 Å². The van der Waals surface area contributed by atoms with Gasteiger partial charge < -0.3 is 5.11 Å². The molecule has 1 unspecified atom stereocenters. The summed E-state index contributed by atoms with van der Waals surface area (Å²) in [4.78, 5) is 17.7. The summed E-state index contributed by atoms with van der Waals surface area (Å²) in [5.41, 5.74) is 1.13. The Bertz CT molecular complexity index is 405. The number of carboxylic acid groups (broad SMARTS) is 1. The van der Waals surface area contributed by atoms with E-state index in [0.29, 0.717) is 12.3 Å². The number of rotatable bonds is 5. The maximum atomic E-state index is 10.7. The molecule has 4 nitrogen and oxygen atoms in total. The van der Waals surface area contributed by atoms with Gasteiger partial charge in [-0.15, -0.1) is 11.3 Å². The molecule has 100 valence electrons. The largest absolute Gasteiger partial charge is 0.481 e. The number of nitrogens with zero attached hydrogens (tertiary/aromatic N) is 2. The van der Waals surface area contributed by atoms with Gasteiger partial charge in [0.05, 0.1) is 10.7 Å². The topological polar surface area (TPSA) is 53.4 Å². The van der Waals surface area contributed by atoms with Gasteiger partial charge >= 0.3 is 5.97 Å². The first-order valence-electron chi connectivity index (χ1n) is 6.54. The lowest BCUT2D eigenvalue weighted by Crippen LogP contribution is -2.35. The summed E-state index contributed by atoms with van der Waals surface area (Å²) in [7, 11) is 0. The monoisotopic (exact) mass is 268 g/mol. The maximum Gasteiger partial charge on any atom is 0.303 e. The van der Waals surface area contributed by atoms with E-state index in [1.54, 1.807) is 11.3 Å². The summed E-state index contributed by atoms with van der Waals surface area (Å²) in [5, 5.41) is 12.2. The van der Waals surface area contributed by atoms with Crippen LogP contribution in [0.4, 0.5) is 0 Å². The van der Waals surface area contributed by atoms with Crippen molar-refractivity contribution in [2.45, 2.75) is 39.2 Å². The van der Waals surface area contributed by atoms with E-state index in [9.17, 15) is 4.79 Å². The number of hydrogen-bond acceptors (Lipinski definition) is 4. The van der Waals surface area contributed by atoms with Crippen LogP contribution < -0.4 is 0 Å². The van der Waals surface area contributed by atoms with Crippen LogP contribution in [0, 0.1) is 5.92 Å². The van der Waals surface area contributed by atoms with Crippen LogP contribution >= 0.6 is 11.3 Å². The fraction of sp³-hybridized carbons (Fsp3) is 0.692. The van der Waals surface area contributed by atoms with Crippen molar-refractivity contribution < 1.29 is 9.90 Å². The van der Waals surface area contributed by atoms with Crippen molar-refractivity contribution in [2.75, 3.05) is 13.1 Å². The predicted octanol–water partition coefficient (Wildman–Crippen LogP) is 2.39. The Hall–Kier alpha value is -0.940. The van der Waals surface area contributed by atoms with Crippen molar-refractivity contribution in [3.63, 3.8) is 0 Å². The third-order valence-corrected chi connectivity index (χ3v) is 4.40. The van der Waals surface area contributed by atoms with Crippen LogP contribution in [0.1, 0.15) is 36.9 Å². The molecule has 1 aromatic heterocycles. The van der Waals surface area contributed by atoms with Crippen LogP contribution in [0.2, 0.25) is 0 Å². The van der Waals surface area contributed by atoms with Gasteiger partial charge in [0.25, 0.3) is 0 Å². The zero-order chi connectivity index (χ0) is 13.0. The Morgan fingerprint density at radius 2 is 2.50 bits per heavy atom. The van der Waals surface area contributed by atoms with Gasteiger partial charge in [0, 0.05) is 24.9 Å². The highest BCUT2D eigenvalue weighted by atomic mass is 32.1. The molecule has 0 bridgehead atoms. The average molecular weight is 268 g/mol. The number of aromatic nitrogens is 1. The van der Waals surface area contributed by atoms with Gasteiger partial charge in [0.2, 0.25) is 0 Å². The number of aliphatic carboxylic acids is 1. The first-order chi connectivity index (χ1) is 8.67. The molecule has 0 saturated carbocycles. The summed E-state index contributed by atoms with van der Waals surface area (Å²) in [6.07, 6.45) is 3.43. The van der Waals surface area contributed by atoms with Gasteiger partial charge in [0.15, 0.2) is 0 Å². The second-order valence-electron chi connectivity index (χ2n) is 4.93. The standard InChI is InChI=1S/C13H20N2O2S/c1-2-12-14-11(9-18-12)8-15-5-3-4-10(7-15)6-13(16)17/h9-10H,2-8H2,1H3,(H,16,17). The van der Waals surface area contributed by atoms with E-state index in [1.807, 2.05) is 0 Å². The van der Waals surface area contributed by atoms with Gasteiger partial charge in [-0.2, -0.15) is 0 Å². The van der Waals surface area contributed by atoms with E-state index in [0.717, 1.165) is 44.6 Å². The highest BCUT2D eigenvalue weighted by Gasteiger charge is 2.22. The van der Waals surface area contributed by atoms with Crippen molar-refractivity contribution in [1.29, 1.82) is 0 Å². The summed E-state index contributed by atoms with van der Waals surface area (Å²) in [6, 6.07) is 0. The van der Waals surface area contributed by atoms with Gasteiger partial charge in [0.1, 0.15) is 0 Å². The third-order valence-electron chi connectivity index (χ3n) is 3.35. The quantitative estimate of drug-likeness (QED) is 0.891. The smallest absolute Gasteiger partial charge is 0.303 e. The number of aryl methyl sites for hydroxylation is 1. The zero-order valence-electron chi connectivity index (χ0n) is 10.8. The van der Waals surface area contributed by atoms with Crippen molar-refractivity contribution in [3.05, 3.63) is 16.1 Å². The van der Waals surface area contributed by atoms with Gasteiger partial charge in [-0.25, -0.2) is 4.98 Å². The molecule has 0 amide bonds. The van der Waals surface area contributed by atoms with Gasteiger partial charge in [-0.3, -0.25) is 9.69 Å². The second kappa shape index (κ2) is 6.29. The van der Waals surface area contributed by atoms with E-state index >= 15 is 0 Å². The molecule has 1 fully saturated rings. The highest BCUT2D eigenvalue weighted by Crippen LogP contribution is 2.21. The van der Waals surface area contributed by atoms with E-state index in [-0.39, 0.29) is 0 Å². The lowest BCUT2D eigenvalue weighted by Gasteiger charge is -2.31. The van der Waals surface area contributed by atoms with Crippen LogP contribution in [-0.4, -0.2) is 34.0 Å². The molecule has 1 aliphatic rings. The minimum Gasteiger partial charge on any atom is -0.481 e. The highest BCUT2D eigenvalue weighted by molar-refractivity contribution is 7.09. The number of hydrogen-bond donors (Lipinski definition) is 1. The summed E-state index contributed by atoms with van der Waals surface area (Å²) in [6.45, 7) is 4.94. The fourth-order valence-electron chi connectivity index (χ4n) is 2.52. The van der Waals surface area contributed by atoms with Crippen molar-refractivity contribution in [2.24, 2.45) is 5.92 Å². The Balaban J connectivity index is 1.87.